The lowest BCUT2D eigenvalue weighted by Gasteiger charge is -2.15. The Morgan fingerprint density at radius 1 is 1.29 bits per heavy atom. The van der Waals surface area contributed by atoms with Gasteiger partial charge in [0.1, 0.15) is 28.3 Å². The highest BCUT2D eigenvalue weighted by atomic mass is 32.1. The van der Waals surface area contributed by atoms with Crippen LogP contribution >= 0.6 is 12.6 Å². The Labute approximate surface area is 146 Å². The number of fused-ring (bicyclic) bond motifs is 1. The lowest BCUT2D eigenvalue weighted by molar-refractivity contribution is 0.273. The number of nitrogens with zero attached hydrogens (tertiary/aromatic N) is 2. The summed E-state index contributed by atoms with van der Waals surface area (Å²) < 4.78 is 11.4. The lowest BCUT2D eigenvalue weighted by Crippen LogP contribution is -2.08. The molecule has 0 aliphatic carbocycles. The van der Waals surface area contributed by atoms with Gasteiger partial charge in [0.15, 0.2) is 0 Å². The Morgan fingerprint density at radius 2 is 2.17 bits per heavy atom. The van der Waals surface area contributed by atoms with Crippen LogP contribution in [0.3, 0.4) is 0 Å². The third kappa shape index (κ3) is 3.64. The molecule has 0 saturated heterocycles. The number of aromatic amines is 1. The zero-order valence-corrected chi connectivity index (χ0v) is 14.7. The van der Waals surface area contributed by atoms with Gasteiger partial charge in [0.2, 0.25) is 0 Å². The van der Waals surface area contributed by atoms with Gasteiger partial charge >= 0.3 is 0 Å². The number of thiol groups is 1. The van der Waals surface area contributed by atoms with E-state index in [0.717, 1.165) is 47.4 Å². The van der Waals surface area contributed by atoms with Crippen molar-refractivity contribution in [2.24, 2.45) is 0 Å². The molecule has 24 heavy (non-hydrogen) atoms. The second-order valence-electron chi connectivity index (χ2n) is 5.56. The monoisotopic (exact) mass is 343 g/mol. The van der Waals surface area contributed by atoms with Gasteiger partial charge in [-0.15, -0.1) is 12.6 Å². The molecule has 0 aliphatic heterocycles. The molecule has 0 bridgehead atoms. The number of hydrogen-bond donors (Lipinski definition) is 2. The quantitative estimate of drug-likeness (QED) is 0.491. The number of methoxy groups -OCH3 is 1. The first-order valence-corrected chi connectivity index (χ1v) is 8.55. The maximum absolute atomic E-state index is 5.85. The van der Waals surface area contributed by atoms with Gasteiger partial charge < -0.3 is 14.5 Å². The predicted molar refractivity (Wildman–Crippen MR) is 98.8 cm³/mol. The van der Waals surface area contributed by atoms with Crippen molar-refractivity contribution in [2.75, 3.05) is 7.11 Å². The molecule has 3 aromatic rings. The number of H-pyrrole nitrogens is 1. The molecule has 0 aliphatic rings. The first kappa shape index (κ1) is 16.6. The number of ether oxygens (including phenoxy) is 2. The van der Waals surface area contributed by atoms with Crippen molar-refractivity contribution in [3.8, 4) is 22.9 Å². The fourth-order valence-electron chi connectivity index (χ4n) is 2.52. The summed E-state index contributed by atoms with van der Waals surface area (Å²) in [5, 5.41) is 0. The minimum absolute atomic E-state index is 0.113. The van der Waals surface area contributed by atoms with Crippen LogP contribution in [0.1, 0.15) is 26.2 Å². The Hall–Kier alpha value is -2.21. The molecular weight excluding hydrogens is 322 g/mol. The minimum Gasteiger partial charge on any atom is -0.496 e. The number of aromatic nitrogens is 3. The maximum Gasteiger partial charge on any atom is 0.142 e. The minimum atomic E-state index is -0.113. The highest BCUT2D eigenvalue weighted by Gasteiger charge is 2.13. The van der Waals surface area contributed by atoms with E-state index in [1.54, 1.807) is 19.5 Å². The van der Waals surface area contributed by atoms with E-state index in [1.165, 1.54) is 0 Å². The molecule has 0 spiro atoms. The number of pyridine rings is 1. The molecule has 3 rings (SSSR count). The molecule has 2 aromatic heterocycles. The molecule has 6 heteroatoms. The molecule has 0 saturated carbocycles. The standard InChI is InChI=1S/C18H21N3O2S/c1-3-4-5-17(24)23-12-6-7-13(16(10-12)22-2)18-20-14-8-9-19-11-15(14)21-18/h6-11,17,24H,3-5H2,1-2H3,(H,20,21). The Morgan fingerprint density at radius 3 is 2.92 bits per heavy atom. The number of benzene rings is 1. The molecule has 1 aromatic carbocycles. The smallest absolute Gasteiger partial charge is 0.142 e. The summed E-state index contributed by atoms with van der Waals surface area (Å²) >= 11 is 4.48. The van der Waals surface area contributed by atoms with E-state index in [-0.39, 0.29) is 5.44 Å². The van der Waals surface area contributed by atoms with Crippen LogP contribution in [-0.4, -0.2) is 27.5 Å². The number of nitrogens with one attached hydrogen (secondary N) is 1. The Bertz CT molecular complexity index is 786. The summed E-state index contributed by atoms with van der Waals surface area (Å²) in [5.41, 5.74) is 2.53. The van der Waals surface area contributed by atoms with E-state index in [9.17, 15) is 0 Å². The van der Waals surface area contributed by atoms with E-state index in [2.05, 4.69) is 34.5 Å². The Kier molecular flexibility index (Phi) is 5.25. The summed E-state index contributed by atoms with van der Waals surface area (Å²) in [4.78, 5) is 11.9. The molecule has 0 radical (unpaired) electrons. The largest absolute Gasteiger partial charge is 0.496 e. The normalized spacial score (nSPS) is 12.3. The highest BCUT2D eigenvalue weighted by molar-refractivity contribution is 7.80. The number of imidazole rings is 1. The molecular formula is C18H21N3O2S. The van der Waals surface area contributed by atoms with Crippen molar-refractivity contribution in [2.45, 2.75) is 31.6 Å². The van der Waals surface area contributed by atoms with Crippen LogP contribution in [0.5, 0.6) is 11.5 Å². The average Bonchev–Trinajstić information content (AvgIpc) is 3.03. The number of rotatable bonds is 7. The topological polar surface area (TPSA) is 60.0 Å². The van der Waals surface area contributed by atoms with Gasteiger partial charge in [-0.25, -0.2) is 4.98 Å². The highest BCUT2D eigenvalue weighted by Crippen LogP contribution is 2.33. The van der Waals surface area contributed by atoms with Crippen molar-refractivity contribution in [1.82, 2.24) is 15.0 Å². The van der Waals surface area contributed by atoms with E-state index in [4.69, 9.17) is 9.47 Å². The van der Waals surface area contributed by atoms with Crippen molar-refractivity contribution in [1.29, 1.82) is 0 Å². The van der Waals surface area contributed by atoms with Gasteiger partial charge in [0.25, 0.3) is 0 Å². The van der Waals surface area contributed by atoms with Crippen molar-refractivity contribution < 1.29 is 9.47 Å². The molecule has 0 fully saturated rings. The summed E-state index contributed by atoms with van der Waals surface area (Å²) in [6, 6.07) is 7.63. The zero-order valence-electron chi connectivity index (χ0n) is 13.8. The third-order valence-electron chi connectivity index (χ3n) is 3.79. The molecule has 5 nitrogen and oxygen atoms in total. The van der Waals surface area contributed by atoms with Crippen molar-refractivity contribution in [3.63, 3.8) is 0 Å². The van der Waals surface area contributed by atoms with Crippen LogP contribution in [0, 0.1) is 0 Å². The van der Waals surface area contributed by atoms with Gasteiger partial charge in [-0.3, -0.25) is 4.98 Å². The first-order chi connectivity index (χ1) is 11.7. The van der Waals surface area contributed by atoms with Crippen LogP contribution < -0.4 is 9.47 Å². The molecule has 1 unspecified atom stereocenters. The third-order valence-corrected chi connectivity index (χ3v) is 4.15. The van der Waals surface area contributed by atoms with Gasteiger partial charge in [-0.05, 0) is 31.0 Å². The van der Waals surface area contributed by atoms with E-state index in [0.29, 0.717) is 5.75 Å². The summed E-state index contributed by atoms with van der Waals surface area (Å²) in [6.45, 7) is 2.15. The SMILES string of the molecule is CCCCC(S)Oc1ccc(-c2nc3cnccc3[nH]2)c(OC)c1. The van der Waals surface area contributed by atoms with Crippen molar-refractivity contribution >= 4 is 23.7 Å². The summed E-state index contributed by atoms with van der Waals surface area (Å²) in [6.07, 6.45) is 6.61. The average molecular weight is 343 g/mol. The van der Waals surface area contributed by atoms with E-state index < -0.39 is 0 Å². The Balaban J connectivity index is 1.86. The van der Waals surface area contributed by atoms with Crippen LogP contribution in [0.15, 0.2) is 36.7 Å². The lowest BCUT2D eigenvalue weighted by atomic mass is 10.2. The van der Waals surface area contributed by atoms with E-state index in [1.807, 2.05) is 24.3 Å². The summed E-state index contributed by atoms with van der Waals surface area (Å²) in [5.74, 6) is 2.19. The van der Waals surface area contributed by atoms with Gasteiger partial charge in [-0.1, -0.05) is 13.3 Å². The van der Waals surface area contributed by atoms with Crippen molar-refractivity contribution in [3.05, 3.63) is 36.7 Å². The fourth-order valence-corrected chi connectivity index (χ4v) is 2.82. The number of unbranched alkanes of at least 4 members (excludes halogenated alkanes) is 1. The maximum atomic E-state index is 5.85. The number of hydrogen-bond acceptors (Lipinski definition) is 5. The zero-order chi connectivity index (χ0) is 16.9. The summed E-state index contributed by atoms with van der Waals surface area (Å²) in [7, 11) is 1.64. The fraction of sp³-hybridized carbons (Fsp3) is 0.333. The van der Waals surface area contributed by atoms with Gasteiger partial charge in [-0.2, -0.15) is 0 Å². The van der Waals surface area contributed by atoms with E-state index >= 15 is 0 Å². The molecule has 126 valence electrons. The van der Waals surface area contributed by atoms with Crippen LogP contribution in [0.4, 0.5) is 0 Å². The predicted octanol–water partition coefficient (Wildman–Crippen LogP) is 4.46. The molecule has 1 N–H and O–H groups in total. The second kappa shape index (κ2) is 7.57. The molecule has 0 amide bonds. The van der Waals surface area contributed by atoms with Gasteiger partial charge in [0.05, 0.1) is 24.4 Å². The molecule has 2 heterocycles. The first-order valence-electron chi connectivity index (χ1n) is 8.04. The van der Waals surface area contributed by atoms with Crippen LogP contribution in [-0.2, 0) is 0 Å². The molecule has 1 atom stereocenters. The van der Waals surface area contributed by atoms with Crippen LogP contribution in [0.25, 0.3) is 22.4 Å². The van der Waals surface area contributed by atoms with Crippen LogP contribution in [0.2, 0.25) is 0 Å². The second-order valence-corrected chi connectivity index (χ2v) is 6.13. The van der Waals surface area contributed by atoms with Gasteiger partial charge in [0, 0.05) is 12.3 Å².